The van der Waals surface area contributed by atoms with Crippen molar-refractivity contribution in [2.24, 2.45) is 0 Å². The molecule has 0 aliphatic carbocycles. The summed E-state index contributed by atoms with van der Waals surface area (Å²) in [6.45, 7) is 0.534. The predicted molar refractivity (Wildman–Crippen MR) is 133 cm³/mol. The van der Waals surface area contributed by atoms with Gasteiger partial charge in [-0.15, -0.1) is 0 Å². The van der Waals surface area contributed by atoms with Crippen molar-refractivity contribution < 1.29 is 14.3 Å². The molecule has 4 nitrogen and oxygen atoms in total. The third-order valence-electron chi connectivity index (χ3n) is 4.75. The summed E-state index contributed by atoms with van der Waals surface area (Å²) < 4.78 is 6.64. The maximum atomic E-state index is 12.8. The summed E-state index contributed by atoms with van der Waals surface area (Å²) in [6, 6.07) is 20.1. The van der Waals surface area contributed by atoms with Crippen LogP contribution in [-0.2, 0) is 17.9 Å². The fourth-order valence-electron chi connectivity index (χ4n) is 3.04. The van der Waals surface area contributed by atoms with Crippen molar-refractivity contribution in [2.45, 2.75) is 13.2 Å². The Morgan fingerprint density at radius 1 is 0.969 bits per heavy atom. The van der Waals surface area contributed by atoms with Crippen LogP contribution in [0.15, 0.2) is 76.1 Å². The van der Waals surface area contributed by atoms with E-state index >= 15 is 0 Å². The van der Waals surface area contributed by atoms with Crippen LogP contribution in [0.1, 0.15) is 16.7 Å². The Morgan fingerprint density at radius 2 is 1.72 bits per heavy atom. The lowest BCUT2D eigenvalue weighted by Crippen LogP contribution is -2.27. The first-order chi connectivity index (χ1) is 15.4. The van der Waals surface area contributed by atoms with Crippen LogP contribution in [0.25, 0.3) is 6.08 Å². The molecular weight excluding hydrogens is 533 g/mol. The molecule has 2 amide bonds. The quantitative estimate of drug-likeness (QED) is 0.298. The van der Waals surface area contributed by atoms with Crippen LogP contribution >= 0.6 is 50.9 Å². The van der Waals surface area contributed by atoms with Crippen molar-refractivity contribution in [3.8, 4) is 5.75 Å². The van der Waals surface area contributed by atoms with E-state index in [0.29, 0.717) is 27.3 Å². The number of halogens is 3. The second kappa shape index (κ2) is 10.1. The van der Waals surface area contributed by atoms with E-state index in [2.05, 4.69) is 15.9 Å². The molecule has 3 aromatic carbocycles. The van der Waals surface area contributed by atoms with Crippen LogP contribution in [-0.4, -0.2) is 16.0 Å². The fraction of sp³-hybridized carbons (Fsp3) is 0.0833. The number of imide groups is 1. The van der Waals surface area contributed by atoms with Crippen molar-refractivity contribution in [3.05, 3.63) is 103 Å². The molecule has 1 aliphatic heterocycles. The average Bonchev–Trinajstić information content (AvgIpc) is 3.03. The normalized spacial score (nSPS) is 15.0. The minimum atomic E-state index is -0.298. The monoisotopic (exact) mass is 547 g/mol. The average molecular weight is 549 g/mol. The summed E-state index contributed by atoms with van der Waals surface area (Å²) in [4.78, 5) is 26.8. The zero-order valence-electron chi connectivity index (χ0n) is 16.6. The van der Waals surface area contributed by atoms with Gasteiger partial charge in [-0.3, -0.25) is 14.5 Å². The molecule has 0 saturated carbocycles. The first-order valence-corrected chi connectivity index (χ1v) is 11.9. The topological polar surface area (TPSA) is 46.6 Å². The Bertz CT molecular complexity index is 1210. The van der Waals surface area contributed by atoms with Gasteiger partial charge in [0.1, 0.15) is 12.4 Å². The first kappa shape index (κ1) is 22.9. The molecular formula is C24H16BrCl2NO3S. The van der Waals surface area contributed by atoms with E-state index in [0.717, 1.165) is 32.9 Å². The van der Waals surface area contributed by atoms with E-state index in [1.165, 1.54) is 4.90 Å². The molecule has 1 heterocycles. The van der Waals surface area contributed by atoms with Gasteiger partial charge in [0.2, 0.25) is 0 Å². The lowest BCUT2D eigenvalue weighted by atomic mass is 10.2. The van der Waals surface area contributed by atoms with E-state index in [4.69, 9.17) is 27.9 Å². The molecule has 8 heteroatoms. The minimum Gasteiger partial charge on any atom is -0.489 e. The van der Waals surface area contributed by atoms with Crippen molar-refractivity contribution in [3.63, 3.8) is 0 Å². The predicted octanol–water partition coefficient (Wildman–Crippen LogP) is 7.57. The summed E-state index contributed by atoms with van der Waals surface area (Å²) in [6.07, 6.45) is 1.71. The van der Waals surface area contributed by atoms with Gasteiger partial charge in [0.05, 0.1) is 11.4 Å². The number of rotatable bonds is 6. The molecule has 162 valence electrons. The van der Waals surface area contributed by atoms with Crippen molar-refractivity contribution >= 4 is 68.1 Å². The maximum Gasteiger partial charge on any atom is 0.293 e. The summed E-state index contributed by atoms with van der Waals surface area (Å²) in [5.41, 5.74) is 2.51. The zero-order valence-corrected chi connectivity index (χ0v) is 20.5. The number of benzene rings is 3. The zero-order chi connectivity index (χ0) is 22.7. The number of carbonyl (C=O) groups is 2. The van der Waals surface area contributed by atoms with E-state index in [1.54, 1.807) is 30.3 Å². The molecule has 0 spiro atoms. The number of thioether (sulfide) groups is 1. The van der Waals surface area contributed by atoms with Gasteiger partial charge in [0.15, 0.2) is 0 Å². The number of hydrogen-bond acceptors (Lipinski definition) is 4. The highest BCUT2D eigenvalue weighted by molar-refractivity contribution is 9.10. The molecule has 1 aliphatic rings. The van der Waals surface area contributed by atoms with Gasteiger partial charge >= 0.3 is 0 Å². The van der Waals surface area contributed by atoms with Crippen LogP contribution < -0.4 is 4.74 Å². The van der Waals surface area contributed by atoms with Gasteiger partial charge in [0.25, 0.3) is 11.1 Å². The van der Waals surface area contributed by atoms with Gasteiger partial charge < -0.3 is 4.74 Å². The van der Waals surface area contributed by atoms with Crippen LogP contribution in [0.2, 0.25) is 10.0 Å². The third-order valence-corrected chi connectivity index (χ3v) is 7.02. The number of hydrogen-bond donors (Lipinski definition) is 0. The number of carbonyl (C=O) groups excluding carboxylic acids is 2. The van der Waals surface area contributed by atoms with Crippen molar-refractivity contribution in [2.75, 3.05) is 0 Å². The lowest BCUT2D eigenvalue weighted by molar-refractivity contribution is -0.123. The summed E-state index contributed by atoms with van der Waals surface area (Å²) >= 11 is 16.5. The first-order valence-electron chi connectivity index (χ1n) is 9.56. The second-order valence-electron chi connectivity index (χ2n) is 6.95. The molecule has 1 saturated heterocycles. The number of amides is 2. The molecule has 0 unspecified atom stereocenters. The Balaban J connectivity index is 1.42. The Hall–Kier alpha value is -2.25. The van der Waals surface area contributed by atoms with E-state index in [9.17, 15) is 9.59 Å². The van der Waals surface area contributed by atoms with E-state index in [1.807, 2.05) is 42.5 Å². The van der Waals surface area contributed by atoms with Gasteiger partial charge in [-0.2, -0.15) is 0 Å². The van der Waals surface area contributed by atoms with Crippen LogP contribution in [0.5, 0.6) is 5.75 Å². The van der Waals surface area contributed by atoms with Crippen LogP contribution in [0, 0.1) is 0 Å². The molecule has 4 rings (SSSR count). The summed E-state index contributed by atoms with van der Waals surface area (Å²) in [5, 5.41) is 0.841. The van der Waals surface area contributed by atoms with Gasteiger partial charge in [-0.1, -0.05) is 75.5 Å². The fourth-order valence-corrected chi connectivity index (χ4v) is 4.76. The SMILES string of the molecule is O=C1S/C(=C\c2ccc(OCc3ccc(Cl)cc3Cl)cc2)C(=O)N1Cc1ccccc1Br. The van der Waals surface area contributed by atoms with Crippen molar-refractivity contribution in [1.29, 1.82) is 0 Å². The number of nitrogens with zero attached hydrogens (tertiary/aromatic N) is 1. The van der Waals surface area contributed by atoms with E-state index < -0.39 is 0 Å². The Kier molecular flexibility index (Phi) is 7.26. The third kappa shape index (κ3) is 5.38. The maximum absolute atomic E-state index is 12.8. The second-order valence-corrected chi connectivity index (χ2v) is 9.64. The summed E-state index contributed by atoms with van der Waals surface area (Å²) in [5.74, 6) is 0.364. The highest BCUT2D eigenvalue weighted by atomic mass is 79.9. The standard InChI is InChI=1S/C24H16BrCl2NO3S/c25-20-4-2-1-3-16(20)13-28-23(29)22(32-24(28)30)11-15-5-9-19(10-6-15)31-14-17-7-8-18(26)12-21(17)27/h1-12H,13-14H2/b22-11-. The number of ether oxygens (including phenoxy) is 1. The molecule has 32 heavy (non-hydrogen) atoms. The highest BCUT2D eigenvalue weighted by Crippen LogP contribution is 2.34. The molecule has 0 bridgehead atoms. The largest absolute Gasteiger partial charge is 0.489 e. The van der Waals surface area contributed by atoms with Crippen LogP contribution in [0.4, 0.5) is 4.79 Å². The lowest BCUT2D eigenvalue weighted by Gasteiger charge is -2.13. The molecule has 0 radical (unpaired) electrons. The summed E-state index contributed by atoms with van der Waals surface area (Å²) in [7, 11) is 0. The van der Waals surface area contributed by atoms with Gasteiger partial charge in [-0.05, 0) is 59.3 Å². The Labute approximate surface area is 208 Å². The highest BCUT2D eigenvalue weighted by Gasteiger charge is 2.35. The van der Waals surface area contributed by atoms with Gasteiger partial charge in [0, 0.05) is 20.1 Å². The molecule has 3 aromatic rings. The Morgan fingerprint density at radius 3 is 2.44 bits per heavy atom. The minimum absolute atomic E-state index is 0.226. The molecule has 0 atom stereocenters. The molecule has 0 N–H and O–H groups in total. The molecule has 0 aromatic heterocycles. The van der Waals surface area contributed by atoms with Crippen LogP contribution in [0.3, 0.4) is 0 Å². The van der Waals surface area contributed by atoms with E-state index in [-0.39, 0.29) is 17.7 Å². The van der Waals surface area contributed by atoms with Crippen molar-refractivity contribution in [1.82, 2.24) is 4.90 Å². The van der Waals surface area contributed by atoms with Gasteiger partial charge in [-0.25, -0.2) is 0 Å². The molecule has 1 fully saturated rings. The smallest absolute Gasteiger partial charge is 0.293 e.